The van der Waals surface area contributed by atoms with Gasteiger partial charge in [-0.2, -0.15) is 0 Å². The van der Waals surface area contributed by atoms with E-state index in [1.165, 1.54) is 0 Å². The number of hydrogen-bond donors (Lipinski definition) is 1. The fourth-order valence-corrected chi connectivity index (χ4v) is 6.12. The van der Waals surface area contributed by atoms with Crippen molar-refractivity contribution in [3.05, 3.63) is 63.2 Å². The normalized spacial score (nSPS) is 16.6. The molecule has 5 rings (SSSR count). The van der Waals surface area contributed by atoms with E-state index in [0.29, 0.717) is 45.2 Å². The number of carbonyl (C=O) groups excluding carboxylic acids is 2. The molecule has 0 spiro atoms. The monoisotopic (exact) mass is 592 g/mol. The Kier molecular flexibility index (Phi) is 8.81. The topological polar surface area (TPSA) is 100 Å². The molecular weight excluding hydrogens is 552 g/mol. The summed E-state index contributed by atoms with van der Waals surface area (Å²) in [5.74, 6) is 1.47. The maximum Gasteiger partial charge on any atom is 0.410 e. The largest absolute Gasteiger partial charge is 0.444 e. The lowest BCUT2D eigenvalue weighted by molar-refractivity contribution is -0.159. The Morgan fingerprint density at radius 2 is 1.95 bits per heavy atom. The zero-order valence-electron chi connectivity index (χ0n) is 25.3. The predicted molar refractivity (Wildman–Crippen MR) is 163 cm³/mol. The maximum atomic E-state index is 13.0. The molecule has 0 aliphatic carbocycles. The summed E-state index contributed by atoms with van der Waals surface area (Å²) in [4.78, 5) is 37.7. The minimum absolute atomic E-state index is 0.0202. The number of nitrogens with zero attached hydrogens (tertiary/aromatic N) is 5. The van der Waals surface area contributed by atoms with Crippen LogP contribution in [0.5, 0.6) is 0 Å². The SMILES string of the molecule is Cc1nc2c(c(N[C@H](C)c3cc(-c4ccccc4CN(C)C(=O)OC(C)(C)C)cs3)n1)CN(N1CCOCC1)C(=O)C2. The number of amides is 2. The quantitative estimate of drug-likeness (QED) is 0.401. The van der Waals surface area contributed by atoms with Gasteiger partial charge in [-0.05, 0) is 62.8 Å². The van der Waals surface area contributed by atoms with Crippen LogP contribution in [0.25, 0.3) is 11.1 Å². The molecule has 2 aliphatic heterocycles. The molecule has 1 N–H and O–H groups in total. The van der Waals surface area contributed by atoms with Gasteiger partial charge in [-0.25, -0.2) is 19.8 Å². The molecule has 1 saturated heterocycles. The van der Waals surface area contributed by atoms with Crippen molar-refractivity contribution in [1.82, 2.24) is 24.9 Å². The fraction of sp³-hybridized carbons (Fsp3) is 0.484. The number of anilines is 1. The molecule has 2 aliphatic rings. The van der Waals surface area contributed by atoms with Crippen molar-refractivity contribution in [2.24, 2.45) is 0 Å². The Morgan fingerprint density at radius 3 is 2.69 bits per heavy atom. The summed E-state index contributed by atoms with van der Waals surface area (Å²) in [6.07, 6.45) is -0.0879. The van der Waals surface area contributed by atoms with E-state index in [4.69, 9.17) is 14.5 Å². The highest BCUT2D eigenvalue weighted by Crippen LogP contribution is 2.34. The van der Waals surface area contributed by atoms with Gasteiger partial charge in [0, 0.05) is 37.1 Å². The van der Waals surface area contributed by atoms with Crippen LogP contribution >= 0.6 is 11.3 Å². The first-order valence-electron chi connectivity index (χ1n) is 14.3. The first-order chi connectivity index (χ1) is 20.0. The van der Waals surface area contributed by atoms with Gasteiger partial charge in [-0.15, -0.1) is 11.3 Å². The second-order valence-corrected chi connectivity index (χ2v) is 12.8. The Labute approximate surface area is 251 Å². The van der Waals surface area contributed by atoms with Crippen LogP contribution in [-0.4, -0.2) is 75.8 Å². The minimum atomic E-state index is -0.548. The summed E-state index contributed by atoms with van der Waals surface area (Å²) in [7, 11) is 1.76. The molecule has 0 unspecified atom stereocenters. The molecule has 1 atom stereocenters. The Hall–Kier alpha value is -3.54. The molecule has 0 bridgehead atoms. The van der Waals surface area contributed by atoms with Crippen molar-refractivity contribution in [3.63, 3.8) is 0 Å². The van der Waals surface area contributed by atoms with Crippen molar-refractivity contribution in [3.8, 4) is 11.1 Å². The Morgan fingerprint density at radius 1 is 1.21 bits per heavy atom. The molecule has 11 heteroatoms. The van der Waals surface area contributed by atoms with E-state index >= 15 is 0 Å². The second kappa shape index (κ2) is 12.4. The molecule has 4 heterocycles. The smallest absolute Gasteiger partial charge is 0.410 e. The van der Waals surface area contributed by atoms with Crippen molar-refractivity contribution in [2.75, 3.05) is 38.7 Å². The third-order valence-electron chi connectivity index (χ3n) is 7.29. The van der Waals surface area contributed by atoms with E-state index in [2.05, 4.69) is 39.7 Å². The number of benzene rings is 1. The average molecular weight is 593 g/mol. The van der Waals surface area contributed by atoms with Crippen molar-refractivity contribution in [1.29, 1.82) is 0 Å². The number of fused-ring (bicyclic) bond motifs is 1. The number of rotatable bonds is 7. The van der Waals surface area contributed by atoms with Gasteiger partial charge in [-0.3, -0.25) is 9.80 Å². The van der Waals surface area contributed by atoms with Crippen LogP contribution in [0.15, 0.2) is 35.7 Å². The van der Waals surface area contributed by atoms with E-state index in [1.807, 2.05) is 50.9 Å². The highest BCUT2D eigenvalue weighted by Gasteiger charge is 2.32. The number of aryl methyl sites for hydroxylation is 1. The number of hydrazine groups is 1. The second-order valence-electron chi connectivity index (χ2n) is 11.8. The van der Waals surface area contributed by atoms with Crippen LogP contribution in [0, 0.1) is 6.92 Å². The first-order valence-corrected chi connectivity index (χ1v) is 15.2. The van der Waals surface area contributed by atoms with Crippen LogP contribution in [0.4, 0.5) is 10.6 Å². The summed E-state index contributed by atoms with van der Waals surface area (Å²) < 4.78 is 11.0. The standard InChI is InChI=1S/C31H40N6O4S/c1-20(32-29-25-18-37(36-11-13-40-14-12-36)28(38)16-26(25)33-21(2)34-29)27-15-23(19-42-27)24-10-8-7-9-22(24)17-35(6)30(39)41-31(3,4)5/h7-10,15,19-20H,11-14,16-18H2,1-6H3,(H,32,33,34)/t20-/m1/s1. The van der Waals surface area contributed by atoms with Crippen molar-refractivity contribution in [2.45, 2.75) is 65.8 Å². The third kappa shape index (κ3) is 6.91. The Balaban J connectivity index is 1.33. The molecule has 2 amide bonds. The fourth-order valence-electron chi connectivity index (χ4n) is 5.21. The highest BCUT2D eigenvalue weighted by molar-refractivity contribution is 7.10. The highest BCUT2D eigenvalue weighted by atomic mass is 32.1. The number of carbonyl (C=O) groups is 2. The summed E-state index contributed by atoms with van der Waals surface area (Å²) in [5.41, 5.74) is 4.43. The summed E-state index contributed by atoms with van der Waals surface area (Å²) >= 11 is 1.68. The van der Waals surface area contributed by atoms with E-state index in [9.17, 15) is 9.59 Å². The lowest BCUT2D eigenvalue weighted by atomic mass is 10.0. The summed E-state index contributed by atoms with van der Waals surface area (Å²) in [6.45, 7) is 13.1. The van der Waals surface area contributed by atoms with Crippen molar-refractivity contribution < 1.29 is 19.1 Å². The number of hydrogen-bond acceptors (Lipinski definition) is 9. The molecule has 42 heavy (non-hydrogen) atoms. The van der Waals surface area contributed by atoms with E-state index < -0.39 is 5.60 Å². The molecule has 3 aromatic rings. The molecule has 1 fully saturated rings. The molecular formula is C31H40N6O4S. The van der Waals surface area contributed by atoms with Crippen molar-refractivity contribution >= 4 is 29.2 Å². The molecule has 10 nitrogen and oxygen atoms in total. The molecule has 0 radical (unpaired) electrons. The number of ether oxygens (including phenoxy) is 2. The van der Waals surface area contributed by atoms with Gasteiger partial charge >= 0.3 is 6.09 Å². The van der Waals surface area contributed by atoms with Crippen LogP contribution in [0.3, 0.4) is 0 Å². The molecule has 224 valence electrons. The Bertz CT molecular complexity index is 1450. The van der Waals surface area contributed by atoms with Gasteiger partial charge in [0.25, 0.3) is 0 Å². The van der Waals surface area contributed by atoms with Gasteiger partial charge in [-0.1, -0.05) is 24.3 Å². The summed E-state index contributed by atoms with van der Waals surface area (Å²) in [6, 6.07) is 10.3. The lowest BCUT2D eigenvalue weighted by Gasteiger charge is -2.40. The van der Waals surface area contributed by atoms with Gasteiger partial charge in [0.1, 0.15) is 17.2 Å². The van der Waals surface area contributed by atoms with Gasteiger partial charge in [0.2, 0.25) is 5.91 Å². The third-order valence-corrected chi connectivity index (χ3v) is 8.40. The van der Waals surface area contributed by atoms with Gasteiger partial charge < -0.3 is 19.7 Å². The molecule has 0 saturated carbocycles. The lowest BCUT2D eigenvalue weighted by Crippen LogP contribution is -2.53. The number of thiophene rings is 1. The predicted octanol–water partition coefficient (Wildman–Crippen LogP) is 5.19. The number of nitrogens with one attached hydrogen (secondary N) is 1. The summed E-state index contributed by atoms with van der Waals surface area (Å²) in [5, 5.41) is 9.68. The minimum Gasteiger partial charge on any atom is -0.444 e. The van der Waals surface area contributed by atoms with Crippen LogP contribution in [-0.2, 0) is 33.8 Å². The first kappa shape index (κ1) is 29.9. The number of aromatic nitrogens is 2. The van der Waals surface area contributed by atoms with E-state index in [1.54, 1.807) is 23.3 Å². The zero-order valence-corrected chi connectivity index (χ0v) is 26.1. The zero-order chi connectivity index (χ0) is 30.0. The number of morpholine rings is 1. The van der Waals surface area contributed by atoms with E-state index in [0.717, 1.165) is 38.6 Å². The van der Waals surface area contributed by atoms with Gasteiger partial charge in [0.05, 0.1) is 37.9 Å². The van der Waals surface area contributed by atoms with Gasteiger partial charge in [0.15, 0.2) is 0 Å². The van der Waals surface area contributed by atoms with Crippen LogP contribution in [0.1, 0.15) is 61.3 Å². The van der Waals surface area contributed by atoms with E-state index in [-0.39, 0.29) is 24.5 Å². The molecule has 2 aromatic heterocycles. The van der Waals surface area contributed by atoms with Crippen LogP contribution < -0.4 is 5.32 Å². The average Bonchev–Trinajstić information content (AvgIpc) is 3.43. The molecule has 1 aromatic carbocycles. The van der Waals surface area contributed by atoms with Crippen LogP contribution in [0.2, 0.25) is 0 Å². The maximum absolute atomic E-state index is 13.0.